The fourth-order valence-electron chi connectivity index (χ4n) is 1.77. The van der Waals surface area contributed by atoms with Gasteiger partial charge in [0, 0.05) is 26.7 Å². The normalized spacial score (nSPS) is 13.0. The first kappa shape index (κ1) is 11.2. The van der Waals surface area contributed by atoms with Gasteiger partial charge < -0.3 is 0 Å². The number of fused-ring (bicyclic) bond motifs is 1. The predicted octanol–water partition coefficient (Wildman–Crippen LogP) is 4.88. The summed E-state index contributed by atoms with van der Waals surface area (Å²) in [7, 11) is 0. The van der Waals surface area contributed by atoms with Gasteiger partial charge in [-0.2, -0.15) is 0 Å². The zero-order valence-corrected chi connectivity index (χ0v) is 11.4. The van der Waals surface area contributed by atoms with Crippen LogP contribution in [-0.2, 0) is 6.42 Å². The second kappa shape index (κ2) is 4.77. The van der Waals surface area contributed by atoms with E-state index in [2.05, 4.69) is 22.5 Å². The number of aromatic nitrogens is 1. The zero-order chi connectivity index (χ0) is 11.7. The minimum Gasteiger partial charge on any atom is -0.265 e. The molecule has 3 heterocycles. The van der Waals surface area contributed by atoms with Gasteiger partial charge >= 0.3 is 0 Å². The largest absolute Gasteiger partial charge is 0.265 e. The highest BCUT2D eigenvalue weighted by atomic mass is 35.5. The molecule has 1 nitrogen and oxygen atoms in total. The van der Waals surface area contributed by atoms with Crippen molar-refractivity contribution in [2.24, 2.45) is 0 Å². The van der Waals surface area contributed by atoms with E-state index < -0.39 is 0 Å². The highest BCUT2D eigenvalue weighted by Gasteiger charge is 2.12. The van der Waals surface area contributed by atoms with Crippen LogP contribution < -0.4 is 0 Å². The van der Waals surface area contributed by atoms with E-state index in [1.165, 1.54) is 19.8 Å². The monoisotopic (exact) mass is 279 g/mol. The second-order valence-electron chi connectivity index (χ2n) is 3.82. The predicted molar refractivity (Wildman–Crippen MR) is 76.2 cm³/mol. The number of halogens is 1. The lowest BCUT2D eigenvalue weighted by Crippen LogP contribution is -1.93. The fraction of sp³-hybridized carbons (Fsp3) is 0.154. The van der Waals surface area contributed by atoms with E-state index in [9.17, 15) is 0 Å². The third kappa shape index (κ3) is 2.37. The molecule has 3 rings (SSSR count). The van der Waals surface area contributed by atoms with E-state index >= 15 is 0 Å². The molecular formula is C13H10ClNS2. The first-order chi connectivity index (χ1) is 8.33. The molecule has 0 fully saturated rings. The maximum absolute atomic E-state index is 6.46. The van der Waals surface area contributed by atoms with Crippen LogP contribution in [0.2, 0.25) is 0 Å². The smallest absolute Gasteiger partial charge is 0.0719 e. The Bertz CT molecular complexity index is 586. The molecule has 0 aliphatic heterocycles. The minimum absolute atomic E-state index is 0.0574. The molecule has 0 amide bonds. The standard InChI is InChI=1S/C13H10ClNS2/c14-10(7-9-1-4-15-5-2-9)12-8-13-11(17-12)3-6-16-13/h1-6,8,10H,7H2. The Morgan fingerprint density at radius 3 is 2.76 bits per heavy atom. The molecule has 0 aliphatic carbocycles. The van der Waals surface area contributed by atoms with Gasteiger partial charge in [-0.3, -0.25) is 4.98 Å². The van der Waals surface area contributed by atoms with Crippen LogP contribution in [0.4, 0.5) is 0 Å². The van der Waals surface area contributed by atoms with Crippen molar-refractivity contribution in [2.45, 2.75) is 11.8 Å². The summed E-state index contributed by atoms with van der Waals surface area (Å²) in [6.07, 6.45) is 4.48. The number of hydrogen-bond acceptors (Lipinski definition) is 3. The quantitative estimate of drug-likeness (QED) is 0.623. The van der Waals surface area contributed by atoms with Crippen LogP contribution in [0.5, 0.6) is 0 Å². The summed E-state index contributed by atoms with van der Waals surface area (Å²) in [5.41, 5.74) is 1.23. The van der Waals surface area contributed by atoms with Gasteiger partial charge in [0.05, 0.1) is 5.38 Å². The topological polar surface area (TPSA) is 12.9 Å². The Labute approximate surface area is 113 Å². The molecule has 0 aliphatic rings. The van der Waals surface area contributed by atoms with Gasteiger partial charge in [0.25, 0.3) is 0 Å². The van der Waals surface area contributed by atoms with E-state index in [0.29, 0.717) is 0 Å². The molecular weight excluding hydrogens is 270 g/mol. The Kier molecular flexibility index (Phi) is 3.14. The molecule has 86 valence electrons. The van der Waals surface area contributed by atoms with E-state index in [1.54, 1.807) is 22.7 Å². The first-order valence-corrected chi connectivity index (χ1v) is 7.46. The van der Waals surface area contributed by atoms with Crippen LogP contribution in [0, 0.1) is 0 Å². The summed E-state index contributed by atoms with van der Waals surface area (Å²) in [6, 6.07) is 8.41. The van der Waals surface area contributed by atoms with Crippen LogP contribution in [-0.4, -0.2) is 4.98 Å². The van der Waals surface area contributed by atoms with Gasteiger partial charge in [-0.1, -0.05) is 0 Å². The van der Waals surface area contributed by atoms with E-state index in [0.717, 1.165) is 6.42 Å². The zero-order valence-electron chi connectivity index (χ0n) is 8.97. The van der Waals surface area contributed by atoms with Crippen molar-refractivity contribution in [3.05, 3.63) is 52.5 Å². The van der Waals surface area contributed by atoms with Crippen molar-refractivity contribution in [2.75, 3.05) is 0 Å². The van der Waals surface area contributed by atoms with Crippen molar-refractivity contribution < 1.29 is 0 Å². The molecule has 0 spiro atoms. The maximum Gasteiger partial charge on any atom is 0.0719 e. The van der Waals surface area contributed by atoms with E-state index in [4.69, 9.17) is 11.6 Å². The summed E-state index contributed by atoms with van der Waals surface area (Å²) < 4.78 is 2.68. The Morgan fingerprint density at radius 1 is 1.18 bits per heavy atom. The molecule has 0 N–H and O–H groups in total. The Morgan fingerprint density at radius 2 is 2.00 bits per heavy atom. The van der Waals surface area contributed by atoms with Crippen LogP contribution in [0.25, 0.3) is 9.40 Å². The number of hydrogen-bond donors (Lipinski definition) is 0. The summed E-state index contributed by atoms with van der Waals surface area (Å²) in [5.74, 6) is 0. The Balaban J connectivity index is 1.82. The van der Waals surface area contributed by atoms with Gasteiger partial charge in [0.15, 0.2) is 0 Å². The fourth-order valence-corrected chi connectivity index (χ4v) is 4.24. The SMILES string of the molecule is ClC(Cc1ccncc1)c1cc2sccc2s1. The van der Waals surface area contributed by atoms with E-state index in [-0.39, 0.29) is 5.38 Å². The lowest BCUT2D eigenvalue weighted by Gasteiger charge is -2.06. The van der Waals surface area contributed by atoms with Crippen LogP contribution in [0.15, 0.2) is 42.0 Å². The van der Waals surface area contributed by atoms with Crippen molar-refractivity contribution in [1.82, 2.24) is 4.98 Å². The number of pyridine rings is 1. The summed E-state index contributed by atoms with van der Waals surface area (Å²) in [5, 5.41) is 2.18. The second-order valence-corrected chi connectivity index (χ2v) is 6.41. The van der Waals surface area contributed by atoms with Crippen LogP contribution in [0.3, 0.4) is 0 Å². The first-order valence-electron chi connectivity index (χ1n) is 5.33. The van der Waals surface area contributed by atoms with Gasteiger partial charge in [-0.15, -0.1) is 34.3 Å². The van der Waals surface area contributed by atoms with Gasteiger partial charge in [0.2, 0.25) is 0 Å². The molecule has 0 aromatic carbocycles. The van der Waals surface area contributed by atoms with Gasteiger partial charge in [-0.25, -0.2) is 0 Å². The third-order valence-electron chi connectivity index (χ3n) is 2.63. The molecule has 3 aromatic heterocycles. The third-order valence-corrected chi connectivity index (χ3v) is 5.36. The van der Waals surface area contributed by atoms with E-state index in [1.807, 2.05) is 24.5 Å². The highest BCUT2D eigenvalue weighted by Crippen LogP contribution is 2.37. The van der Waals surface area contributed by atoms with Crippen LogP contribution in [0.1, 0.15) is 15.8 Å². The van der Waals surface area contributed by atoms with Crippen molar-refractivity contribution in [1.29, 1.82) is 0 Å². The minimum atomic E-state index is 0.0574. The number of nitrogens with zero attached hydrogens (tertiary/aromatic N) is 1. The lowest BCUT2D eigenvalue weighted by atomic mass is 10.1. The molecule has 1 atom stereocenters. The molecule has 0 saturated carbocycles. The average Bonchev–Trinajstić information content (AvgIpc) is 2.90. The molecule has 3 aromatic rings. The molecule has 0 saturated heterocycles. The number of thiophene rings is 2. The summed E-state index contributed by atoms with van der Waals surface area (Å²) >= 11 is 10.0. The van der Waals surface area contributed by atoms with Crippen molar-refractivity contribution in [3.8, 4) is 0 Å². The van der Waals surface area contributed by atoms with Crippen molar-refractivity contribution in [3.63, 3.8) is 0 Å². The lowest BCUT2D eigenvalue weighted by molar-refractivity contribution is 0.936. The molecule has 1 unspecified atom stereocenters. The molecule has 0 bridgehead atoms. The molecule has 0 radical (unpaired) electrons. The molecule has 4 heteroatoms. The average molecular weight is 280 g/mol. The van der Waals surface area contributed by atoms with Gasteiger partial charge in [0.1, 0.15) is 0 Å². The van der Waals surface area contributed by atoms with Crippen molar-refractivity contribution >= 4 is 43.7 Å². The number of rotatable bonds is 3. The maximum atomic E-state index is 6.46. The Hall–Kier alpha value is -0.900. The molecule has 17 heavy (non-hydrogen) atoms. The summed E-state index contributed by atoms with van der Waals surface area (Å²) in [4.78, 5) is 5.27. The van der Waals surface area contributed by atoms with Crippen LogP contribution >= 0.6 is 34.3 Å². The summed E-state index contributed by atoms with van der Waals surface area (Å²) in [6.45, 7) is 0. The highest BCUT2D eigenvalue weighted by molar-refractivity contribution is 7.27. The van der Waals surface area contributed by atoms with Gasteiger partial charge in [-0.05, 0) is 41.6 Å². The number of alkyl halides is 1.